The number of aromatic nitrogens is 3. The molecule has 0 radical (unpaired) electrons. The van der Waals surface area contributed by atoms with Gasteiger partial charge in [0.1, 0.15) is 22.7 Å². The maximum absolute atomic E-state index is 12.0. The van der Waals surface area contributed by atoms with Crippen molar-refractivity contribution < 1.29 is 9.90 Å². The van der Waals surface area contributed by atoms with Gasteiger partial charge in [-0.2, -0.15) is 0 Å². The zero-order valence-electron chi connectivity index (χ0n) is 13.3. The SMILES string of the molecule is Cc1sc2ncnc(NCCNC(=O)c3ncccc3O)c2c1C. The molecule has 0 aromatic carbocycles. The first-order valence-electron chi connectivity index (χ1n) is 7.44. The Morgan fingerprint density at radius 3 is 2.88 bits per heavy atom. The minimum Gasteiger partial charge on any atom is -0.505 e. The Kier molecular flexibility index (Phi) is 4.57. The van der Waals surface area contributed by atoms with Gasteiger partial charge in [0.2, 0.25) is 0 Å². The molecule has 0 unspecified atom stereocenters. The third-order valence-corrected chi connectivity index (χ3v) is 4.79. The Bertz CT molecular complexity index is 893. The number of rotatable bonds is 5. The molecular formula is C16H17N5O2S. The number of thiophene rings is 1. The Balaban J connectivity index is 1.61. The Morgan fingerprint density at radius 2 is 2.08 bits per heavy atom. The highest BCUT2D eigenvalue weighted by Crippen LogP contribution is 2.32. The van der Waals surface area contributed by atoms with Crippen molar-refractivity contribution in [2.45, 2.75) is 13.8 Å². The first-order valence-corrected chi connectivity index (χ1v) is 8.26. The molecule has 0 aliphatic heterocycles. The quantitative estimate of drug-likeness (QED) is 0.615. The van der Waals surface area contributed by atoms with E-state index in [0.29, 0.717) is 13.1 Å². The number of nitrogens with one attached hydrogen (secondary N) is 2. The number of hydrogen-bond acceptors (Lipinski definition) is 7. The Labute approximate surface area is 142 Å². The number of anilines is 1. The predicted octanol–water partition coefficient (Wildman–Crippen LogP) is 2.25. The van der Waals surface area contributed by atoms with Gasteiger partial charge in [0.25, 0.3) is 5.91 Å². The van der Waals surface area contributed by atoms with E-state index >= 15 is 0 Å². The van der Waals surface area contributed by atoms with Crippen LogP contribution in [0.5, 0.6) is 5.75 Å². The standard InChI is InChI=1S/C16H17N5O2S/c1-9-10(2)24-16-12(9)14(20-8-21-16)18-6-7-19-15(23)13-11(22)4-3-5-17-13/h3-5,8,22H,6-7H2,1-2H3,(H,19,23)(H,18,20,21). The third-order valence-electron chi connectivity index (χ3n) is 3.67. The van der Waals surface area contributed by atoms with E-state index < -0.39 is 5.91 Å². The molecule has 0 spiro atoms. The van der Waals surface area contributed by atoms with Crippen molar-refractivity contribution in [3.05, 3.63) is 40.8 Å². The van der Waals surface area contributed by atoms with Gasteiger partial charge in [-0.15, -0.1) is 11.3 Å². The van der Waals surface area contributed by atoms with E-state index in [9.17, 15) is 9.90 Å². The highest BCUT2D eigenvalue weighted by Gasteiger charge is 2.13. The molecule has 0 atom stereocenters. The molecule has 1 amide bonds. The lowest BCUT2D eigenvalue weighted by atomic mass is 10.2. The summed E-state index contributed by atoms with van der Waals surface area (Å²) < 4.78 is 0. The highest BCUT2D eigenvalue weighted by molar-refractivity contribution is 7.18. The summed E-state index contributed by atoms with van der Waals surface area (Å²) >= 11 is 1.64. The number of carbonyl (C=O) groups is 1. The van der Waals surface area contributed by atoms with Crippen LogP contribution in [0.1, 0.15) is 20.9 Å². The van der Waals surface area contributed by atoms with Crippen molar-refractivity contribution in [1.29, 1.82) is 0 Å². The van der Waals surface area contributed by atoms with Crippen LogP contribution < -0.4 is 10.6 Å². The van der Waals surface area contributed by atoms with Crippen LogP contribution in [0.2, 0.25) is 0 Å². The molecule has 8 heteroatoms. The molecule has 0 saturated carbocycles. The lowest BCUT2D eigenvalue weighted by Gasteiger charge is -2.09. The van der Waals surface area contributed by atoms with Crippen LogP contribution in [0, 0.1) is 13.8 Å². The van der Waals surface area contributed by atoms with Crippen LogP contribution in [-0.2, 0) is 0 Å². The van der Waals surface area contributed by atoms with Crippen LogP contribution in [0.3, 0.4) is 0 Å². The average Bonchev–Trinajstić information content (AvgIpc) is 2.87. The third kappa shape index (κ3) is 3.13. The molecule has 124 valence electrons. The number of fused-ring (bicyclic) bond motifs is 1. The van der Waals surface area contributed by atoms with Crippen LogP contribution >= 0.6 is 11.3 Å². The first kappa shape index (κ1) is 16.1. The van der Waals surface area contributed by atoms with Gasteiger partial charge in [0, 0.05) is 24.2 Å². The highest BCUT2D eigenvalue weighted by atomic mass is 32.1. The zero-order chi connectivity index (χ0) is 17.1. The van der Waals surface area contributed by atoms with Gasteiger partial charge in [-0.25, -0.2) is 15.0 Å². The van der Waals surface area contributed by atoms with Crippen molar-refractivity contribution in [2.24, 2.45) is 0 Å². The number of aromatic hydroxyl groups is 1. The molecule has 0 saturated heterocycles. The van der Waals surface area contributed by atoms with Crippen LogP contribution in [0.4, 0.5) is 5.82 Å². The number of hydrogen-bond donors (Lipinski definition) is 3. The Morgan fingerprint density at radius 1 is 1.25 bits per heavy atom. The summed E-state index contributed by atoms with van der Waals surface area (Å²) in [7, 11) is 0. The normalized spacial score (nSPS) is 10.8. The number of pyridine rings is 1. The van der Waals surface area contributed by atoms with E-state index in [1.807, 2.05) is 6.92 Å². The van der Waals surface area contributed by atoms with Crippen LogP contribution in [0.25, 0.3) is 10.2 Å². The van der Waals surface area contributed by atoms with Gasteiger partial charge in [-0.1, -0.05) is 0 Å². The molecule has 3 aromatic rings. The molecule has 0 aliphatic rings. The number of aryl methyl sites for hydroxylation is 2. The molecule has 3 heterocycles. The van der Waals surface area contributed by atoms with Gasteiger partial charge in [0.05, 0.1) is 5.39 Å². The molecule has 0 aliphatic carbocycles. The average molecular weight is 343 g/mol. The van der Waals surface area contributed by atoms with Crippen molar-refractivity contribution in [3.63, 3.8) is 0 Å². The van der Waals surface area contributed by atoms with Crippen molar-refractivity contribution >= 4 is 33.3 Å². The molecule has 24 heavy (non-hydrogen) atoms. The van der Waals surface area contributed by atoms with Gasteiger partial charge in [0.15, 0.2) is 5.69 Å². The smallest absolute Gasteiger partial charge is 0.273 e. The number of nitrogens with zero attached hydrogens (tertiary/aromatic N) is 3. The van der Waals surface area contributed by atoms with Gasteiger partial charge >= 0.3 is 0 Å². The summed E-state index contributed by atoms with van der Waals surface area (Å²) in [6.45, 7) is 4.99. The number of carbonyl (C=O) groups excluding carboxylic acids is 1. The molecule has 3 rings (SSSR count). The predicted molar refractivity (Wildman–Crippen MR) is 93.6 cm³/mol. The summed E-state index contributed by atoms with van der Waals surface area (Å²) in [5.41, 5.74) is 1.19. The van der Waals surface area contributed by atoms with Gasteiger partial charge in [-0.05, 0) is 31.5 Å². The van der Waals surface area contributed by atoms with Crippen LogP contribution in [-0.4, -0.2) is 39.1 Å². The van der Waals surface area contributed by atoms with Gasteiger partial charge in [-0.3, -0.25) is 4.79 Å². The maximum Gasteiger partial charge on any atom is 0.273 e. The van der Waals surface area contributed by atoms with Crippen molar-refractivity contribution in [2.75, 3.05) is 18.4 Å². The van der Waals surface area contributed by atoms with E-state index in [1.165, 1.54) is 29.0 Å². The molecular weight excluding hydrogens is 326 g/mol. The molecule has 7 nitrogen and oxygen atoms in total. The minimum atomic E-state index is -0.412. The second-order valence-electron chi connectivity index (χ2n) is 5.24. The molecule has 3 N–H and O–H groups in total. The fourth-order valence-corrected chi connectivity index (χ4v) is 3.33. The van der Waals surface area contributed by atoms with E-state index in [2.05, 4.69) is 32.5 Å². The fraction of sp³-hybridized carbons (Fsp3) is 0.250. The van der Waals surface area contributed by atoms with E-state index in [-0.39, 0.29) is 11.4 Å². The molecule has 0 fully saturated rings. The van der Waals surface area contributed by atoms with E-state index in [1.54, 1.807) is 17.4 Å². The summed E-state index contributed by atoms with van der Waals surface area (Å²) in [6, 6.07) is 3.00. The fourth-order valence-electron chi connectivity index (χ4n) is 2.33. The lowest BCUT2D eigenvalue weighted by molar-refractivity contribution is 0.0947. The maximum atomic E-state index is 12.0. The summed E-state index contributed by atoms with van der Waals surface area (Å²) in [5.74, 6) is 0.215. The lowest BCUT2D eigenvalue weighted by Crippen LogP contribution is -2.29. The van der Waals surface area contributed by atoms with Crippen molar-refractivity contribution in [1.82, 2.24) is 20.3 Å². The second kappa shape index (κ2) is 6.79. The second-order valence-corrected chi connectivity index (χ2v) is 6.44. The molecule has 3 aromatic heterocycles. The first-order chi connectivity index (χ1) is 11.6. The van der Waals surface area contributed by atoms with Crippen LogP contribution in [0.15, 0.2) is 24.7 Å². The Hall–Kier alpha value is -2.74. The molecule has 0 bridgehead atoms. The summed E-state index contributed by atoms with van der Waals surface area (Å²) in [5, 5.41) is 16.6. The van der Waals surface area contributed by atoms with E-state index in [0.717, 1.165) is 16.0 Å². The van der Waals surface area contributed by atoms with E-state index in [4.69, 9.17) is 0 Å². The largest absolute Gasteiger partial charge is 0.505 e. The monoisotopic (exact) mass is 343 g/mol. The summed E-state index contributed by atoms with van der Waals surface area (Å²) in [4.78, 5) is 26.6. The van der Waals surface area contributed by atoms with Gasteiger partial charge < -0.3 is 15.7 Å². The summed E-state index contributed by atoms with van der Waals surface area (Å²) in [6.07, 6.45) is 3.00. The zero-order valence-corrected chi connectivity index (χ0v) is 14.1. The topological polar surface area (TPSA) is 100 Å². The number of amides is 1. The minimum absolute atomic E-state index is 0.0197. The van der Waals surface area contributed by atoms with Crippen molar-refractivity contribution in [3.8, 4) is 5.75 Å².